The van der Waals surface area contributed by atoms with E-state index in [1.54, 1.807) is 4.68 Å². The van der Waals surface area contributed by atoms with Crippen molar-refractivity contribution in [3.05, 3.63) is 47.8 Å². The Labute approximate surface area is 111 Å². The lowest BCUT2D eigenvalue weighted by atomic mass is 10.2. The monoisotopic (exact) mass is 261 g/mol. The molecular weight excluding hydrogens is 246 g/mol. The van der Waals surface area contributed by atoms with E-state index in [0.717, 1.165) is 23.3 Å². The fraction of sp³-hybridized carbons (Fsp3) is 0.231. The van der Waals surface area contributed by atoms with Crippen LogP contribution in [0.1, 0.15) is 11.1 Å². The molecule has 0 saturated carbocycles. The molecule has 0 aliphatic heterocycles. The number of benzene rings is 1. The van der Waals surface area contributed by atoms with E-state index in [2.05, 4.69) is 5.10 Å². The Bertz CT molecular complexity index is 551. The van der Waals surface area contributed by atoms with Crippen molar-refractivity contribution in [2.75, 3.05) is 6.61 Å². The molecule has 0 atom stereocenters. The fourth-order valence-corrected chi connectivity index (χ4v) is 1.75. The van der Waals surface area contributed by atoms with E-state index in [1.807, 2.05) is 43.7 Å². The third kappa shape index (κ3) is 3.30. The molecule has 0 radical (unpaired) electrons. The summed E-state index contributed by atoms with van der Waals surface area (Å²) in [6.07, 6.45) is 4.65. The molecule has 18 heavy (non-hydrogen) atoms. The van der Waals surface area contributed by atoms with E-state index in [1.165, 1.54) is 0 Å². The van der Waals surface area contributed by atoms with Crippen LogP contribution in [0.4, 0.5) is 0 Å². The number of aryl methyl sites for hydroxylation is 1. The predicted molar refractivity (Wildman–Crippen MR) is 74.7 cm³/mol. The average molecular weight is 261 g/mol. The molecule has 1 aromatic carbocycles. The molecule has 0 aliphatic rings. The summed E-state index contributed by atoms with van der Waals surface area (Å²) in [7, 11) is 1.90. The maximum atomic E-state index is 5.66. The summed E-state index contributed by atoms with van der Waals surface area (Å²) < 4.78 is 7.44. The molecule has 1 aromatic heterocycles. The molecule has 0 amide bonds. The molecule has 2 aromatic rings. The minimum atomic E-state index is 0.382. The van der Waals surface area contributed by atoms with Gasteiger partial charge in [0.1, 0.15) is 10.7 Å². The predicted octanol–water partition coefficient (Wildman–Crippen LogP) is 1.68. The van der Waals surface area contributed by atoms with Gasteiger partial charge in [0, 0.05) is 25.2 Å². The van der Waals surface area contributed by atoms with Gasteiger partial charge in [-0.05, 0) is 17.7 Å². The number of hydrogen-bond acceptors (Lipinski definition) is 3. The van der Waals surface area contributed by atoms with Gasteiger partial charge >= 0.3 is 0 Å². The fourth-order valence-electron chi connectivity index (χ4n) is 1.63. The second-order valence-electron chi connectivity index (χ2n) is 4.01. The van der Waals surface area contributed by atoms with Crippen LogP contribution in [0, 0.1) is 0 Å². The average Bonchev–Trinajstić information content (AvgIpc) is 2.75. The van der Waals surface area contributed by atoms with Crippen molar-refractivity contribution in [1.82, 2.24) is 9.78 Å². The van der Waals surface area contributed by atoms with E-state index in [9.17, 15) is 0 Å². The van der Waals surface area contributed by atoms with Gasteiger partial charge in [0.2, 0.25) is 0 Å². The first-order chi connectivity index (χ1) is 8.65. The molecule has 4 nitrogen and oxygen atoms in total. The first-order valence-electron chi connectivity index (χ1n) is 5.65. The highest BCUT2D eigenvalue weighted by Gasteiger charge is 2.00. The van der Waals surface area contributed by atoms with Gasteiger partial charge in [-0.2, -0.15) is 5.10 Å². The van der Waals surface area contributed by atoms with Gasteiger partial charge in [-0.25, -0.2) is 0 Å². The van der Waals surface area contributed by atoms with Gasteiger partial charge in [0.05, 0.1) is 12.8 Å². The maximum absolute atomic E-state index is 5.66. The van der Waals surface area contributed by atoms with Crippen LogP contribution in [0.25, 0.3) is 0 Å². The zero-order valence-corrected chi connectivity index (χ0v) is 11.0. The minimum absolute atomic E-state index is 0.382. The van der Waals surface area contributed by atoms with Crippen LogP contribution in [0.5, 0.6) is 5.75 Å². The molecule has 2 N–H and O–H groups in total. The van der Waals surface area contributed by atoms with Crippen molar-refractivity contribution in [1.29, 1.82) is 0 Å². The SMILES string of the molecule is Cn1cc(CCOc2cccc(C(N)=S)c2)cn1. The lowest BCUT2D eigenvalue weighted by molar-refractivity contribution is 0.322. The van der Waals surface area contributed by atoms with Gasteiger partial charge < -0.3 is 10.5 Å². The summed E-state index contributed by atoms with van der Waals surface area (Å²) >= 11 is 4.92. The first kappa shape index (κ1) is 12.6. The van der Waals surface area contributed by atoms with Crippen LogP contribution in [0.3, 0.4) is 0 Å². The third-order valence-corrected chi connectivity index (χ3v) is 2.77. The number of nitrogens with two attached hydrogens (primary N) is 1. The molecule has 5 heteroatoms. The molecule has 0 aliphatic carbocycles. The van der Waals surface area contributed by atoms with Crippen LogP contribution in [0.2, 0.25) is 0 Å². The highest BCUT2D eigenvalue weighted by atomic mass is 32.1. The Morgan fingerprint density at radius 3 is 3.00 bits per heavy atom. The summed E-state index contributed by atoms with van der Waals surface area (Å²) in [6, 6.07) is 7.50. The normalized spacial score (nSPS) is 10.3. The van der Waals surface area contributed by atoms with Crippen LogP contribution in [-0.4, -0.2) is 21.4 Å². The second kappa shape index (κ2) is 5.64. The number of rotatable bonds is 5. The lowest BCUT2D eigenvalue weighted by Crippen LogP contribution is -2.09. The van der Waals surface area contributed by atoms with Crippen LogP contribution in [0.15, 0.2) is 36.7 Å². The van der Waals surface area contributed by atoms with Gasteiger partial charge in [0.15, 0.2) is 0 Å². The summed E-state index contributed by atoms with van der Waals surface area (Å²) in [5.74, 6) is 0.782. The Hall–Kier alpha value is -1.88. The van der Waals surface area contributed by atoms with Crippen molar-refractivity contribution in [2.24, 2.45) is 12.8 Å². The van der Waals surface area contributed by atoms with Gasteiger partial charge in [0.25, 0.3) is 0 Å². The topological polar surface area (TPSA) is 53.1 Å². The highest BCUT2D eigenvalue weighted by molar-refractivity contribution is 7.80. The molecule has 0 saturated heterocycles. The zero-order chi connectivity index (χ0) is 13.0. The first-order valence-corrected chi connectivity index (χ1v) is 6.06. The maximum Gasteiger partial charge on any atom is 0.120 e. The zero-order valence-electron chi connectivity index (χ0n) is 10.2. The summed E-state index contributed by atoms with van der Waals surface area (Å²) in [6.45, 7) is 0.604. The second-order valence-corrected chi connectivity index (χ2v) is 4.45. The van der Waals surface area contributed by atoms with Crippen molar-refractivity contribution >= 4 is 17.2 Å². The molecule has 0 bridgehead atoms. The molecule has 0 spiro atoms. The van der Waals surface area contributed by atoms with Gasteiger partial charge in [-0.3, -0.25) is 4.68 Å². The van der Waals surface area contributed by atoms with Crippen molar-refractivity contribution in [3.8, 4) is 5.75 Å². The summed E-state index contributed by atoms with van der Waals surface area (Å²) in [5.41, 5.74) is 7.55. The van der Waals surface area contributed by atoms with Crippen molar-refractivity contribution in [3.63, 3.8) is 0 Å². The molecular formula is C13H15N3OS. The number of nitrogens with zero attached hydrogens (tertiary/aromatic N) is 2. The van der Waals surface area contributed by atoms with Crippen molar-refractivity contribution in [2.45, 2.75) is 6.42 Å². The van der Waals surface area contributed by atoms with Crippen LogP contribution >= 0.6 is 12.2 Å². The standard InChI is InChI=1S/C13H15N3OS/c1-16-9-10(8-15-16)5-6-17-12-4-2-3-11(7-12)13(14)18/h2-4,7-9H,5-6H2,1H3,(H2,14,18). The number of hydrogen-bond donors (Lipinski definition) is 1. The van der Waals surface area contributed by atoms with Crippen molar-refractivity contribution < 1.29 is 4.74 Å². The molecule has 2 rings (SSSR count). The molecule has 94 valence electrons. The van der Waals surface area contributed by atoms with E-state index in [0.29, 0.717) is 11.6 Å². The Balaban J connectivity index is 1.90. The van der Waals surface area contributed by atoms with E-state index in [-0.39, 0.29) is 0 Å². The smallest absolute Gasteiger partial charge is 0.120 e. The van der Waals surface area contributed by atoms with Crippen LogP contribution in [-0.2, 0) is 13.5 Å². The summed E-state index contributed by atoms with van der Waals surface area (Å²) in [4.78, 5) is 0.382. The molecule has 0 fully saturated rings. The number of aromatic nitrogens is 2. The third-order valence-electron chi connectivity index (χ3n) is 2.54. The Morgan fingerprint density at radius 1 is 1.50 bits per heavy atom. The lowest BCUT2D eigenvalue weighted by Gasteiger charge is -2.06. The molecule has 0 unspecified atom stereocenters. The van der Waals surface area contributed by atoms with E-state index < -0.39 is 0 Å². The van der Waals surface area contributed by atoms with E-state index in [4.69, 9.17) is 22.7 Å². The van der Waals surface area contributed by atoms with Gasteiger partial charge in [-0.15, -0.1) is 0 Å². The minimum Gasteiger partial charge on any atom is -0.493 e. The van der Waals surface area contributed by atoms with E-state index >= 15 is 0 Å². The Kier molecular flexibility index (Phi) is 3.94. The quantitative estimate of drug-likeness (QED) is 0.832. The van der Waals surface area contributed by atoms with Gasteiger partial charge in [-0.1, -0.05) is 24.4 Å². The number of thiocarbonyl (C=S) groups is 1. The Morgan fingerprint density at radius 2 is 2.33 bits per heavy atom. The van der Waals surface area contributed by atoms with Crippen LogP contribution < -0.4 is 10.5 Å². The number of ether oxygens (including phenoxy) is 1. The largest absolute Gasteiger partial charge is 0.493 e. The molecule has 1 heterocycles. The summed E-state index contributed by atoms with van der Waals surface area (Å²) in [5, 5.41) is 4.11. The highest BCUT2D eigenvalue weighted by Crippen LogP contribution is 2.13.